The second-order valence-corrected chi connectivity index (χ2v) is 6.58. The molecule has 0 radical (unpaired) electrons. The lowest BCUT2D eigenvalue weighted by atomic mass is 10.1. The first-order valence-electron chi connectivity index (χ1n) is 8.49. The molecule has 0 spiro atoms. The third-order valence-electron chi connectivity index (χ3n) is 3.81. The number of nitrogens with two attached hydrogens (primary N) is 1. The molecule has 148 valence electrons. The average Bonchev–Trinajstić information content (AvgIpc) is 3.22. The maximum atomic E-state index is 13.7. The molecule has 3 rings (SSSR count). The number of allylic oxidation sites excluding steroid dienone is 2. The molecule has 3 N–H and O–H groups in total. The van der Waals surface area contributed by atoms with Gasteiger partial charge in [-0.25, -0.2) is 23.7 Å². The van der Waals surface area contributed by atoms with E-state index in [0.717, 1.165) is 12.1 Å². The SMILES string of the molecule is CCC(N)=C(C=Nc1nccs1)c1cnc(NC(=O)c2c(F)cccc2F)cn1. The highest BCUT2D eigenvalue weighted by Crippen LogP contribution is 2.19. The molecule has 0 aliphatic heterocycles. The number of aliphatic imine (C=N–C) groups is 1. The van der Waals surface area contributed by atoms with E-state index in [2.05, 4.69) is 25.3 Å². The molecule has 2 heterocycles. The van der Waals surface area contributed by atoms with Crippen LogP contribution in [0.25, 0.3) is 5.57 Å². The lowest BCUT2D eigenvalue weighted by Crippen LogP contribution is -2.17. The molecule has 0 aliphatic rings. The van der Waals surface area contributed by atoms with Crippen LogP contribution >= 0.6 is 11.3 Å². The number of amides is 1. The summed E-state index contributed by atoms with van der Waals surface area (Å²) in [5.74, 6) is -2.86. The van der Waals surface area contributed by atoms with E-state index >= 15 is 0 Å². The van der Waals surface area contributed by atoms with E-state index in [1.165, 1.54) is 29.8 Å². The van der Waals surface area contributed by atoms with Crippen LogP contribution in [-0.4, -0.2) is 27.1 Å². The molecule has 1 amide bonds. The molecule has 0 unspecified atom stereocenters. The summed E-state index contributed by atoms with van der Waals surface area (Å²) in [5.41, 5.74) is 6.92. The zero-order valence-electron chi connectivity index (χ0n) is 15.3. The Kier molecular flexibility index (Phi) is 6.35. The zero-order valence-corrected chi connectivity index (χ0v) is 16.1. The molecule has 7 nitrogen and oxygen atoms in total. The fourth-order valence-electron chi connectivity index (χ4n) is 2.33. The van der Waals surface area contributed by atoms with E-state index < -0.39 is 23.1 Å². The molecule has 0 saturated carbocycles. The number of nitrogens with one attached hydrogen (secondary N) is 1. The van der Waals surface area contributed by atoms with Crippen LogP contribution in [-0.2, 0) is 0 Å². The highest BCUT2D eigenvalue weighted by Gasteiger charge is 2.17. The Balaban J connectivity index is 1.81. The Hall–Kier alpha value is -3.53. The number of hydrogen-bond donors (Lipinski definition) is 2. The lowest BCUT2D eigenvalue weighted by Gasteiger charge is -2.08. The molecular formula is C19H16F2N6OS. The Morgan fingerprint density at radius 2 is 2.00 bits per heavy atom. The molecule has 0 bridgehead atoms. The van der Waals surface area contributed by atoms with Gasteiger partial charge in [-0.15, -0.1) is 11.3 Å². The van der Waals surface area contributed by atoms with Crippen LogP contribution in [0.15, 0.2) is 52.9 Å². The minimum absolute atomic E-state index is 0.0349. The van der Waals surface area contributed by atoms with Crippen LogP contribution in [0.4, 0.5) is 19.7 Å². The largest absolute Gasteiger partial charge is 0.401 e. The Morgan fingerprint density at radius 1 is 1.24 bits per heavy atom. The molecule has 29 heavy (non-hydrogen) atoms. The minimum Gasteiger partial charge on any atom is -0.401 e. The number of rotatable bonds is 6. The van der Waals surface area contributed by atoms with Gasteiger partial charge in [-0.1, -0.05) is 13.0 Å². The van der Waals surface area contributed by atoms with Crippen molar-refractivity contribution in [3.05, 3.63) is 70.8 Å². The van der Waals surface area contributed by atoms with Gasteiger partial charge in [-0.05, 0) is 18.6 Å². The first-order chi connectivity index (χ1) is 14.0. The lowest BCUT2D eigenvalue weighted by molar-refractivity contribution is 0.101. The van der Waals surface area contributed by atoms with Crippen LogP contribution in [0.5, 0.6) is 0 Å². The monoisotopic (exact) mass is 414 g/mol. The van der Waals surface area contributed by atoms with Gasteiger partial charge in [0.05, 0.1) is 18.1 Å². The summed E-state index contributed by atoms with van der Waals surface area (Å²) in [4.78, 5) is 28.8. The van der Waals surface area contributed by atoms with Crippen molar-refractivity contribution in [1.29, 1.82) is 0 Å². The molecule has 0 aliphatic carbocycles. The Morgan fingerprint density at radius 3 is 2.59 bits per heavy atom. The quantitative estimate of drug-likeness (QED) is 0.594. The molecular weight excluding hydrogens is 398 g/mol. The van der Waals surface area contributed by atoms with Gasteiger partial charge in [0.15, 0.2) is 5.82 Å². The highest BCUT2D eigenvalue weighted by atomic mass is 32.1. The molecule has 0 atom stereocenters. The standard InChI is InChI=1S/C19H16F2N6OS/c1-2-14(22)11(8-26-19-23-6-7-29-19)15-9-25-16(10-24-15)27-18(28)17-12(20)4-3-5-13(17)21/h3-10H,2,22H2,1H3,(H,25,27,28). The van der Waals surface area contributed by atoms with Gasteiger partial charge in [-0.2, -0.15) is 0 Å². The van der Waals surface area contributed by atoms with Crippen LogP contribution in [0.1, 0.15) is 29.4 Å². The summed E-state index contributed by atoms with van der Waals surface area (Å²) in [5, 5.41) is 4.69. The maximum Gasteiger partial charge on any atom is 0.262 e. The normalized spacial score (nSPS) is 12.1. The first kappa shape index (κ1) is 20.2. The predicted octanol–water partition coefficient (Wildman–Crippen LogP) is 3.95. The maximum absolute atomic E-state index is 13.7. The van der Waals surface area contributed by atoms with Gasteiger partial charge < -0.3 is 11.1 Å². The third-order valence-corrected chi connectivity index (χ3v) is 4.49. The summed E-state index contributed by atoms with van der Waals surface area (Å²) in [6.07, 6.45) is 6.41. The number of halogens is 2. The number of hydrogen-bond acceptors (Lipinski definition) is 7. The van der Waals surface area contributed by atoms with Crippen molar-refractivity contribution in [3.63, 3.8) is 0 Å². The predicted molar refractivity (Wildman–Crippen MR) is 108 cm³/mol. The number of benzene rings is 1. The Bertz CT molecular complexity index is 1040. The summed E-state index contributed by atoms with van der Waals surface area (Å²) < 4.78 is 27.5. The number of carbonyl (C=O) groups is 1. The first-order valence-corrected chi connectivity index (χ1v) is 9.37. The second kappa shape index (κ2) is 9.11. The van der Waals surface area contributed by atoms with E-state index in [9.17, 15) is 13.6 Å². The van der Waals surface area contributed by atoms with Gasteiger partial charge in [0, 0.05) is 29.1 Å². The molecule has 2 aromatic heterocycles. The fourth-order valence-corrected chi connectivity index (χ4v) is 2.81. The van der Waals surface area contributed by atoms with Gasteiger partial charge in [0.2, 0.25) is 5.13 Å². The smallest absolute Gasteiger partial charge is 0.262 e. The fraction of sp³-hybridized carbons (Fsp3) is 0.105. The van der Waals surface area contributed by atoms with Crippen molar-refractivity contribution in [3.8, 4) is 0 Å². The summed E-state index contributed by atoms with van der Waals surface area (Å²) >= 11 is 1.37. The van der Waals surface area contributed by atoms with Crippen LogP contribution in [0.2, 0.25) is 0 Å². The van der Waals surface area contributed by atoms with Gasteiger partial charge >= 0.3 is 0 Å². The summed E-state index contributed by atoms with van der Waals surface area (Å²) in [6, 6.07) is 3.17. The van der Waals surface area contributed by atoms with Gasteiger partial charge in [0.1, 0.15) is 17.2 Å². The van der Waals surface area contributed by atoms with Crippen molar-refractivity contribution in [1.82, 2.24) is 15.0 Å². The number of nitrogens with zero attached hydrogens (tertiary/aromatic N) is 4. The third kappa shape index (κ3) is 4.85. The molecule has 3 aromatic rings. The summed E-state index contributed by atoms with van der Waals surface area (Å²) in [6.45, 7) is 1.89. The van der Waals surface area contributed by atoms with E-state index in [-0.39, 0.29) is 5.82 Å². The van der Waals surface area contributed by atoms with Crippen molar-refractivity contribution in [2.24, 2.45) is 10.7 Å². The number of carbonyl (C=O) groups excluding carboxylic acids is 1. The van der Waals surface area contributed by atoms with Gasteiger partial charge in [-0.3, -0.25) is 9.78 Å². The van der Waals surface area contributed by atoms with Gasteiger partial charge in [0.25, 0.3) is 5.91 Å². The summed E-state index contributed by atoms with van der Waals surface area (Å²) in [7, 11) is 0. The van der Waals surface area contributed by atoms with E-state index in [1.807, 2.05) is 6.92 Å². The molecule has 0 saturated heterocycles. The van der Waals surface area contributed by atoms with E-state index in [1.54, 1.807) is 17.8 Å². The molecule has 10 heteroatoms. The highest BCUT2D eigenvalue weighted by molar-refractivity contribution is 7.13. The number of aromatic nitrogens is 3. The van der Waals surface area contributed by atoms with Crippen LogP contribution < -0.4 is 11.1 Å². The molecule has 1 aromatic carbocycles. The van der Waals surface area contributed by atoms with Crippen molar-refractivity contribution in [2.75, 3.05) is 5.32 Å². The zero-order chi connectivity index (χ0) is 20.8. The van der Waals surface area contributed by atoms with Crippen molar-refractivity contribution >= 4 is 40.0 Å². The Labute approximate surface area is 169 Å². The van der Waals surface area contributed by atoms with Crippen molar-refractivity contribution < 1.29 is 13.6 Å². The van der Waals surface area contributed by atoms with Crippen LogP contribution in [0, 0.1) is 11.6 Å². The number of anilines is 1. The van der Waals surface area contributed by atoms with E-state index in [4.69, 9.17) is 5.73 Å². The number of thiazole rings is 1. The van der Waals surface area contributed by atoms with Crippen LogP contribution in [0.3, 0.4) is 0 Å². The molecule has 0 fully saturated rings. The minimum atomic E-state index is -0.966. The topological polar surface area (TPSA) is 106 Å². The van der Waals surface area contributed by atoms with Crippen molar-refractivity contribution in [2.45, 2.75) is 13.3 Å². The second-order valence-electron chi connectivity index (χ2n) is 5.70. The average molecular weight is 414 g/mol. The van der Waals surface area contributed by atoms with E-state index in [0.29, 0.717) is 28.5 Å².